The van der Waals surface area contributed by atoms with E-state index in [2.05, 4.69) is 45.0 Å². The molecule has 0 saturated heterocycles. The molecule has 1 rings (SSSR count). The van der Waals surface area contributed by atoms with E-state index in [1.165, 1.54) is 11.1 Å². The molecule has 0 atom stereocenters. The zero-order valence-electron chi connectivity index (χ0n) is 7.59. The monoisotopic (exact) mass is 401 g/mol. The Morgan fingerprint density at radius 2 is 1.45 bits per heavy atom. The van der Waals surface area contributed by atoms with Gasteiger partial charge in [0.15, 0.2) is 0 Å². The molecule has 0 amide bonds. The largest absolute Gasteiger partial charge is 0.0590 e. The van der Waals surface area contributed by atoms with Gasteiger partial charge in [0.2, 0.25) is 0 Å². The van der Waals surface area contributed by atoms with Gasteiger partial charge in [-0.15, -0.1) is 0 Å². The van der Waals surface area contributed by atoms with Crippen LogP contribution in [0.15, 0.2) is 24.3 Å². The first kappa shape index (κ1) is 9.22. The number of aryl methyl sites for hydroxylation is 1. The zero-order valence-corrected chi connectivity index (χ0v) is 14.0. The van der Waals surface area contributed by atoms with Crippen LogP contribution in [-0.4, -0.2) is 0 Å². The van der Waals surface area contributed by atoms with Crippen LogP contribution in [0.4, 0.5) is 0 Å². The molecular formula is C10H14Rf. The van der Waals surface area contributed by atoms with Crippen molar-refractivity contribution in [1.29, 1.82) is 0 Å². The molecule has 1 aromatic carbocycles. The van der Waals surface area contributed by atoms with E-state index in [-0.39, 0.29) is 0 Å². The van der Waals surface area contributed by atoms with Crippen molar-refractivity contribution >= 4 is 0 Å². The van der Waals surface area contributed by atoms with Gasteiger partial charge in [-0.1, -0.05) is 43.7 Å². The van der Waals surface area contributed by atoms with E-state index in [0.29, 0.717) is 5.92 Å². The minimum atomic E-state index is 0. The van der Waals surface area contributed by atoms with Crippen LogP contribution in [0, 0.1) is 6.92 Å². The summed E-state index contributed by atoms with van der Waals surface area (Å²) in [4.78, 5) is 0. The van der Waals surface area contributed by atoms with Gasteiger partial charge >= 0.3 is 0 Å². The van der Waals surface area contributed by atoms with Crippen molar-refractivity contribution in [2.24, 2.45) is 0 Å². The Bertz CT molecular complexity index is 199. The molecule has 11 heavy (non-hydrogen) atoms. The molecule has 0 aliphatic carbocycles. The third kappa shape index (κ3) is 2.13. The smallest absolute Gasteiger partial charge is 0 e. The molecular weight excluding hydrogens is 387 g/mol. The molecule has 0 heterocycles. The molecule has 56 valence electrons. The molecule has 0 radical (unpaired) electrons. The topological polar surface area (TPSA) is 0 Å². The second-order valence-corrected chi connectivity index (χ2v) is 3.07. The summed E-state index contributed by atoms with van der Waals surface area (Å²) < 4.78 is 0. The summed E-state index contributed by atoms with van der Waals surface area (Å²) >= 11 is 0. The van der Waals surface area contributed by atoms with Crippen molar-refractivity contribution < 1.29 is 0 Å². The van der Waals surface area contributed by atoms with E-state index in [9.17, 15) is 0 Å². The van der Waals surface area contributed by atoms with Gasteiger partial charge < -0.3 is 0 Å². The van der Waals surface area contributed by atoms with Crippen LogP contribution >= 0.6 is 0 Å². The Morgan fingerprint density at radius 1 is 1.00 bits per heavy atom. The maximum absolute atomic E-state index is 2.21. The fourth-order valence-electron chi connectivity index (χ4n) is 0.951. The summed E-state index contributed by atoms with van der Waals surface area (Å²) in [6.07, 6.45) is 0. The third-order valence-corrected chi connectivity index (χ3v) is 1.74. The summed E-state index contributed by atoms with van der Waals surface area (Å²) in [6.45, 7) is 6.54. The van der Waals surface area contributed by atoms with Gasteiger partial charge in [-0.3, -0.25) is 0 Å². The Kier molecular flexibility index (Phi) is 2.85. The quantitative estimate of drug-likeness (QED) is 0.679. The van der Waals surface area contributed by atoms with Gasteiger partial charge in [0, 0.05) is 0 Å². The third-order valence-electron chi connectivity index (χ3n) is 1.74. The minimum absolute atomic E-state index is 0. The van der Waals surface area contributed by atoms with Crippen molar-refractivity contribution in [3.8, 4) is 0 Å². The van der Waals surface area contributed by atoms with Gasteiger partial charge in [0.1, 0.15) is 0 Å². The maximum Gasteiger partial charge on any atom is 0 e. The fraction of sp³-hybridized carbons (Fsp3) is 0.400. The summed E-state index contributed by atoms with van der Waals surface area (Å²) in [6, 6.07) is 8.71. The summed E-state index contributed by atoms with van der Waals surface area (Å²) in [5, 5.41) is 0. The van der Waals surface area contributed by atoms with Crippen LogP contribution in [0.25, 0.3) is 0 Å². The normalized spacial score (nSPS) is 9.45. The molecule has 0 aliphatic rings. The number of hydrogen-bond acceptors (Lipinski definition) is 0. The second kappa shape index (κ2) is 3.40. The Balaban J connectivity index is 0.000001000. The van der Waals surface area contributed by atoms with E-state index in [1.807, 2.05) is 0 Å². The Hall–Kier alpha value is -1.78. The molecule has 1 aromatic rings. The molecule has 0 aliphatic heterocycles. The maximum atomic E-state index is 2.21. The van der Waals surface area contributed by atoms with Gasteiger partial charge in [0.25, 0.3) is 0 Å². The molecule has 0 spiro atoms. The van der Waals surface area contributed by atoms with Gasteiger partial charge in [-0.25, -0.2) is 0 Å². The minimum Gasteiger partial charge on any atom is -0.0590 e. The molecule has 0 unspecified atom stereocenters. The average Bonchev–Trinajstić information content (AvgIpc) is 1.88. The van der Waals surface area contributed by atoms with Crippen molar-refractivity contribution in [3.05, 3.63) is 35.4 Å². The van der Waals surface area contributed by atoms with Gasteiger partial charge in [-0.05, 0) is 18.4 Å². The molecule has 1 heteroatoms. The number of benzene rings is 1. The van der Waals surface area contributed by atoms with E-state index < -0.39 is 0 Å². The average molecular weight is 401 g/mol. The molecule has 0 fully saturated rings. The van der Waals surface area contributed by atoms with Crippen LogP contribution in [0.2, 0.25) is 0 Å². The van der Waals surface area contributed by atoms with Crippen LogP contribution in [0.5, 0.6) is 0 Å². The van der Waals surface area contributed by atoms with Crippen LogP contribution in [0.1, 0.15) is 30.9 Å². The van der Waals surface area contributed by atoms with E-state index >= 15 is 0 Å². The SMILES string of the molecule is Cc1ccc(C(C)C)cc1.[Rf]. The molecule has 0 N–H and O–H groups in total. The number of hydrogen-bond donors (Lipinski definition) is 0. The van der Waals surface area contributed by atoms with Gasteiger partial charge in [0.05, 0.1) is 0 Å². The van der Waals surface area contributed by atoms with E-state index in [0.717, 1.165) is 0 Å². The van der Waals surface area contributed by atoms with Crippen molar-refractivity contribution in [1.82, 2.24) is 0 Å². The molecule has 0 nitrogen and oxygen atoms in total. The Morgan fingerprint density at radius 3 is 1.82 bits per heavy atom. The first-order chi connectivity index (χ1) is 4.70. The molecule has 0 saturated carbocycles. The van der Waals surface area contributed by atoms with E-state index in [4.69, 9.17) is 0 Å². The Labute approximate surface area is 62.9 Å². The number of rotatable bonds is 1. The van der Waals surface area contributed by atoms with Crippen LogP contribution in [0.3, 0.4) is 0 Å². The summed E-state index contributed by atoms with van der Waals surface area (Å²) in [5.74, 6) is 0.653. The molecule has 0 aromatic heterocycles. The predicted octanol–water partition coefficient (Wildman–Crippen LogP) is 3.12. The van der Waals surface area contributed by atoms with Gasteiger partial charge in [-0.2, -0.15) is 0 Å². The van der Waals surface area contributed by atoms with Crippen molar-refractivity contribution in [2.75, 3.05) is 0 Å². The van der Waals surface area contributed by atoms with Crippen molar-refractivity contribution in [3.63, 3.8) is 0 Å². The van der Waals surface area contributed by atoms with Crippen LogP contribution in [-0.2, 0) is 0 Å². The molecule has 0 bridgehead atoms. The van der Waals surface area contributed by atoms with Crippen LogP contribution < -0.4 is 0 Å². The predicted molar refractivity (Wildman–Crippen MR) is 45.3 cm³/mol. The standard InChI is InChI=1S/C10H14.Rf/c1-8(2)10-6-4-9(3)5-7-10;/h4-8H,1-3H3;. The van der Waals surface area contributed by atoms with Crippen molar-refractivity contribution in [2.45, 2.75) is 26.7 Å². The zero-order chi connectivity index (χ0) is 7.56. The summed E-state index contributed by atoms with van der Waals surface area (Å²) in [7, 11) is 0. The fourth-order valence-corrected chi connectivity index (χ4v) is 0.951. The second-order valence-electron chi connectivity index (χ2n) is 3.07. The van der Waals surface area contributed by atoms with E-state index in [1.54, 1.807) is 0 Å². The summed E-state index contributed by atoms with van der Waals surface area (Å²) in [5.41, 5.74) is 2.76. The first-order valence-electron chi connectivity index (χ1n) is 3.76. The first-order valence-corrected chi connectivity index (χ1v) is 3.76.